The van der Waals surface area contributed by atoms with Crippen molar-refractivity contribution in [3.63, 3.8) is 0 Å². The van der Waals surface area contributed by atoms with Crippen LogP contribution in [0.3, 0.4) is 0 Å². The predicted octanol–water partition coefficient (Wildman–Crippen LogP) is 1.14. The molecule has 0 atom stereocenters. The van der Waals surface area contributed by atoms with Gasteiger partial charge in [-0.05, 0) is 25.0 Å². The number of ether oxygens (including phenoxy) is 3. The maximum atomic E-state index is 11.6. The van der Waals surface area contributed by atoms with Crippen molar-refractivity contribution in [3.05, 3.63) is 23.8 Å². The Bertz CT molecular complexity index is 510. The van der Waals surface area contributed by atoms with Crippen molar-refractivity contribution in [3.8, 4) is 11.5 Å². The number of rotatable bonds is 6. The number of methoxy groups -OCH3 is 2. The Hall–Kier alpha value is -2.24. The molecule has 108 valence electrons. The van der Waals surface area contributed by atoms with E-state index in [1.54, 1.807) is 18.2 Å². The van der Waals surface area contributed by atoms with Gasteiger partial charge in [0, 0.05) is 12.1 Å². The molecule has 1 aromatic rings. The molecule has 0 radical (unpaired) electrons. The molecule has 1 amide bonds. The van der Waals surface area contributed by atoms with E-state index in [0.29, 0.717) is 5.75 Å². The van der Waals surface area contributed by atoms with Crippen LogP contribution in [0, 0.1) is 0 Å². The first-order valence-corrected chi connectivity index (χ1v) is 6.32. The third kappa shape index (κ3) is 3.63. The summed E-state index contributed by atoms with van der Waals surface area (Å²) in [7, 11) is 2.80. The minimum absolute atomic E-state index is 0.145. The zero-order chi connectivity index (χ0) is 14.5. The lowest BCUT2D eigenvalue weighted by Crippen LogP contribution is -2.30. The first kappa shape index (κ1) is 14.2. The van der Waals surface area contributed by atoms with Crippen LogP contribution in [0.15, 0.2) is 18.2 Å². The molecule has 1 aromatic carbocycles. The summed E-state index contributed by atoms with van der Waals surface area (Å²) in [5.74, 6) is 0.0776. The lowest BCUT2D eigenvalue weighted by atomic mass is 10.2. The van der Waals surface area contributed by atoms with Gasteiger partial charge in [0.1, 0.15) is 17.1 Å². The largest absolute Gasteiger partial charge is 0.497 e. The number of carbonyl (C=O) groups is 2. The molecule has 20 heavy (non-hydrogen) atoms. The quantitative estimate of drug-likeness (QED) is 0.790. The summed E-state index contributed by atoms with van der Waals surface area (Å²) in [6.07, 6.45) is 2.02. The topological polar surface area (TPSA) is 73.9 Å². The molecule has 0 aromatic heterocycles. The predicted molar refractivity (Wildman–Crippen MR) is 71.0 cm³/mol. The zero-order valence-corrected chi connectivity index (χ0v) is 11.5. The number of hydrogen-bond donors (Lipinski definition) is 1. The van der Waals surface area contributed by atoms with Gasteiger partial charge in [0.05, 0.1) is 14.2 Å². The van der Waals surface area contributed by atoms with Gasteiger partial charge in [-0.2, -0.15) is 0 Å². The van der Waals surface area contributed by atoms with Crippen molar-refractivity contribution < 1.29 is 23.8 Å². The summed E-state index contributed by atoms with van der Waals surface area (Å²) in [5, 5.41) is 2.80. The molecule has 1 saturated carbocycles. The third-order valence-corrected chi connectivity index (χ3v) is 2.90. The van der Waals surface area contributed by atoms with Crippen LogP contribution >= 0.6 is 0 Å². The standard InChI is InChI=1S/C14H17NO5/c1-18-10-5-6-11(14(17)19-2)12(7-10)20-8-13(16)15-9-3-4-9/h5-7,9H,3-4,8H2,1-2H3,(H,15,16). The summed E-state index contributed by atoms with van der Waals surface area (Å²) in [6.45, 7) is -0.145. The van der Waals surface area contributed by atoms with Crippen LogP contribution in [-0.4, -0.2) is 38.7 Å². The van der Waals surface area contributed by atoms with E-state index in [4.69, 9.17) is 9.47 Å². The minimum Gasteiger partial charge on any atom is -0.497 e. The van der Waals surface area contributed by atoms with Gasteiger partial charge in [-0.3, -0.25) is 4.79 Å². The first-order chi connectivity index (χ1) is 9.63. The molecule has 0 saturated heterocycles. The van der Waals surface area contributed by atoms with Crippen LogP contribution in [0.5, 0.6) is 11.5 Å². The Morgan fingerprint density at radius 3 is 2.65 bits per heavy atom. The highest BCUT2D eigenvalue weighted by Gasteiger charge is 2.23. The van der Waals surface area contributed by atoms with E-state index in [0.717, 1.165) is 12.8 Å². The Labute approximate surface area is 117 Å². The average Bonchev–Trinajstić information content (AvgIpc) is 3.27. The molecule has 0 unspecified atom stereocenters. The SMILES string of the molecule is COC(=O)c1ccc(OC)cc1OCC(=O)NC1CC1. The summed E-state index contributed by atoms with van der Waals surface area (Å²) in [5.41, 5.74) is 0.257. The maximum absolute atomic E-state index is 11.6. The monoisotopic (exact) mass is 279 g/mol. The van der Waals surface area contributed by atoms with E-state index >= 15 is 0 Å². The van der Waals surface area contributed by atoms with Gasteiger partial charge in [-0.1, -0.05) is 0 Å². The van der Waals surface area contributed by atoms with E-state index in [1.165, 1.54) is 14.2 Å². The summed E-state index contributed by atoms with van der Waals surface area (Å²) >= 11 is 0. The molecular weight excluding hydrogens is 262 g/mol. The zero-order valence-electron chi connectivity index (χ0n) is 11.5. The molecular formula is C14H17NO5. The molecule has 6 nitrogen and oxygen atoms in total. The Kier molecular flexibility index (Phi) is 4.45. The second kappa shape index (κ2) is 6.27. The number of amides is 1. The average molecular weight is 279 g/mol. The van der Waals surface area contributed by atoms with Gasteiger partial charge >= 0.3 is 5.97 Å². The molecule has 1 fully saturated rings. The van der Waals surface area contributed by atoms with E-state index in [1.807, 2.05) is 0 Å². The maximum Gasteiger partial charge on any atom is 0.341 e. The lowest BCUT2D eigenvalue weighted by molar-refractivity contribution is -0.123. The van der Waals surface area contributed by atoms with Gasteiger partial charge < -0.3 is 19.5 Å². The van der Waals surface area contributed by atoms with Crippen LogP contribution in [-0.2, 0) is 9.53 Å². The van der Waals surface area contributed by atoms with Crippen LogP contribution < -0.4 is 14.8 Å². The highest BCUT2D eigenvalue weighted by atomic mass is 16.5. The fraction of sp³-hybridized carbons (Fsp3) is 0.429. The van der Waals surface area contributed by atoms with Crippen molar-refractivity contribution in [2.75, 3.05) is 20.8 Å². The fourth-order valence-corrected chi connectivity index (χ4v) is 1.67. The molecule has 1 aliphatic carbocycles. The van der Waals surface area contributed by atoms with Crippen molar-refractivity contribution in [1.82, 2.24) is 5.32 Å². The van der Waals surface area contributed by atoms with Crippen molar-refractivity contribution in [2.24, 2.45) is 0 Å². The molecule has 1 N–H and O–H groups in total. The molecule has 0 spiro atoms. The molecule has 6 heteroatoms. The third-order valence-electron chi connectivity index (χ3n) is 2.90. The van der Waals surface area contributed by atoms with Crippen molar-refractivity contribution >= 4 is 11.9 Å². The molecule has 1 aliphatic rings. The van der Waals surface area contributed by atoms with E-state index in [9.17, 15) is 9.59 Å². The lowest BCUT2D eigenvalue weighted by Gasteiger charge is -2.11. The smallest absolute Gasteiger partial charge is 0.341 e. The van der Waals surface area contributed by atoms with Gasteiger partial charge in [-0.25, -0.2) is 4.79 Å². The number of benzene rings is 1. The van der Waals surface area contributed by atoms with Crippen molar-refractivity contribution in [1.29, 1.82) is 0 Å². The van der Waals surface area contributed by atoms with Crippen LogP contribution in [0.25, 0.3) is 0 Å². The number of hydrogen-bond acceptors (Lipinski definition) is 5. The Balaban J connectivity index is 2.06. The molecule has 0 heterocycles. The van der Waals surface area contributed by atoms with Crippen molar-refractivity contribution in [2.45, 2.75) is 18.9 Å². The van der Waals surface area contributed by atoms with Gasteiger partial charge in [-0.15, -0.1) is 0 Å². The molecule has 2 rings (SSSR count). The van der Waals surface area contributed by atoms with Gasteiger partial charge in [0.2, 0.25) is 0 Å². The first-order valence-electron chi connectivity index (χ1n) is 6.32. The minimum atomic E-state index is -0.523. The second-order valence-electron chi connectivity index (χ2n) is 4.48. The summed E-state index contributed by atoms with van der Waals surface area (Å²) < 4.78 is 15.1. The van der Waals surface area contributed by atoms with Crippen LogP contribution in [0.2, 0.25) is 0 Å². The van der Waals surface area contributed by atoms with E-state index in [2.05, 4.69) is 10.1 Å². The normalized spacial score (nSPS) is 13.5. The Morgan fingerprint density at radius 2 is 2.05 bits per heavy atom. The fourth-order valence-electron chi connectivity index (χ4n) is 1.67. The van der Waals surface area contributed by atoms with Gasteiger partial charge in [0.15, 0.2) is 6.61 Å². The van der Waals surface area contributed by atoms with Crippen LogP contribution in [0.4, 0.5) is 0 Å². The van der Waals surface area contributed by atoms with Gasteiger partial charge in [0.25, 0.3) is 5.91 Å². The Morgan fingerprint density at radius 1 is 1.30 bits per heavy atom. The molecule has 0 bridgehead atoms. The number of nitrogens with one attached hydrogen (secondary N) is 1. The highest BCUT2D eigenvalue weighted by molar-refractivity contribution is 5.92. The second-order valence-corrected chi connectivity index (χ2v) is 4.48. The van der Waals surface area contributed by atoms with E-state index in [-0.39, 0.29) is 29.9 Å². The summed E-state index contributed by atoms with van der Waals surface area (Å²) in [4.78, 5) is 23.2. The highest BCUT2D eigenvalue weighted by Crippen LogP contribution is 2.25. The van der Waals surface area contributed by atoms with E-state index < -0.39 is 5.97 Å². The van der Waals surface area contributed by atoms with Crippen LogP contribution in [0.1, 0.15) is 23.2 Å². The summed E-state index contributed by atoms with van der Waals surface area (Å²) in [6, 6.07) is 5.00. The number of esters is 1. The molecule has 0 aliphatic heterocycles. The number of carbonyl (C=O) groups excluding carboxylic acids is 2.